The molecule has 0 aliphatic rings. The van der Waals surface area contributed by atoms with E-state index in [4.69, 9.17) is 9.84 Å². The lowest BCUT2D eigenvalue weighted by Gasteiger charge is -2.21. The van der Waals surface area contributed by atoms with Crippen LogP contribution >= 0.6 is 0 Å². The van der Waals surface area contributed by atoms with Crippen molar-refractivity contribution < 1.29 is 33.8 Å². The Balaban J connectivity index is 4.17. The molecule has 0 saturated carbocycles. The lowest BCUT2D eigenvalue weighted by Crippen LogP contribution is -2.51. The van der Waals surface area contributed by atoms with Crippen molar-refractivity contribution in [2.75, 3.05) is 19.6 Å². The summed E-state index contributed by atoms with van der Waals surface area (Å²) in [5, 5.41) is 18.3. The second-order valence-electron chi connectivity index (χ2n) is 8.42. The van der Waals surface area contributed by atoms with E-state index in [9.17, 15) is 24.0 Å². The Morgan fingerprint density at radius 1 is 0.871 bits per heavy atom. The van der Waals surface area contributed by atoms with Gasteiger partial charge in [-0.2, -0.15) is 0 Å². The van der Waals surface area contributed by atoms with Crippen molar-refractivity contribution in [3.8, 4) is 0 Å². The fraction of sp³-hybridized carbons (Fsp3) is 0.750. The number of carboxylic acid groups (broad SMARTS) is 1. The number of hydrogen-bond acceptors (Lipinski definition) is 6. The maximum absolute atomic E-state index is 12.3. The van der Waals surface area contributed by atoms with Crippen LogP contribution in [0.25, 0.3) is 0 Å². The van der Waals surface area contributed by atoms with Gasteiger partial charge in [-0.15, -0.1) is 0 Å². The number of hydrogen-bond donors (Lipinski definition) is 5. The second-order valence-corrected chi connectivity index (χ2v) is 8.42. The first kappa shape index (κ1) is 28.1. The molecule has 0 heterocycles. The highest BCUT2D eigenvalue weighted by molar-refractivity contribution is 5.91. The normalized spacial score (nSPS) is 11.9. The maximum atomic E-state index is 12.3. The first-order valence-electron chi connectivity index (χ1n) is 10.3. The van der Waals surface area contributed by atoms with E-state index in [2.05, 4.69) is 21.3 Å². The molecule has 0 fully saturated rings. The summed E-state index contributed by atoms with van der Waals surface area (Å²) in [6, 6.07) is -0.811. The Morgan fingerprint density at radius 2 is 1.52 bits per heavy atom. The highest BCUT2D eigenvalue weighted by Crippen LogP contribution is 2.07. The molecule has 0 bridgehead atoms. The Labute approximate surface area is 183 Å². The highest BCUT2D eigenvalue weighted by Gasteiger charge is 2.24. The highest BCUT2D eigenvalue weighted by atomic mass is 16.6. The van der Waals surface area contributed by atoms with Crippen LogP contribution in [0.4, 0.5) is 4.79 Å². The molecule has 0 aliphatic heterocycles. The molecular formula is C20H36N4O7. The fourth-order valence-electron chi connectivity index (χ4n) is 2.39. The largest absolute Gasteiger partial charge is 0.480 e. The van der Waals surface area contributed by atoms with Gasteiger partial charge in [0.2, 0.25) is 17.7 Å². The van der Waals surface area contributed by atoms with Gasteiger partial charge in [-0.05, 0) is 39.5 Å². The summed E-state index contributed by atoms with van der Waals surface area (Å²) in [5.74, 6) is -2.83. The fourth-order valence-corrected chi connectivity index (χ4v) is 2.39. The van der Waals surface area contributed by atoms with Gasteiger partial charge in [0.1, 0.15) is 18.2 Å². The SMILES string of the molecule is CC(C)C(NC(=O)CCCCCNC(=O)OC(C)(C)C)C(=O)NCC(=O)NCC(=O)O. The molecule has 0 aromatic rings. The molecule has 0 rings (SSSR count). The summed E-state index contributed by atoms with van der Waals surface area (Å²) in [5.41, 5.74) is -0.552. The van der Waals surface area contributed by atoms with Gasteiger partial charge < -0.3 is 31.1 Å². The third kappa shape index (κ3) is 15.6. The first-order chi connectivity index (χ1) is 14.3. The molecule has 0 aliphatic carbocycles. The number of amides is 4. The van der Waals surface area contributed by atoms with Crippen molar-refractivity contribution in [3.63, 3.8) is 0 Å². The molecule has 0 aromatic heterocycles. The maximum Gasteiger partial charge on any atom is 0.407 e. The third-order valence-electron chi connectivity index (χ3n) is 3.87. The number of nitrogens with one attached hydrogen (secondary N) is 4. The Morgan fingerprint density at radius 3 is 2.06 bits per heavy atom. The second kappa shape index (κ2) is 14.2. The number of carboxylic acids is 1. The third-order valence-corrected chi connectivity index (χ3v) is 3.87. The zero-order valence-electron chi connectivity index (χ0n) is 19.0. The molecule has 0 spiro atoms. The molecule has 31 heavy (non-hydrogen) atoms. The van der Waals surface area contributed by atoms with Gasteiger partial charge in [-0.3, -0.25) is 19.2 Å². The van der Waals surface area contributed by atoms with E-state index >= 15 is 0 Å². The molecule has 0 aromatic carbocycles. The first-order valence-corrected chi connectivity index (χ1v) is 10.3. The molecule has 178 valence electrons. The summed E-state index contributed by atoms with van der Waals surface area (Å²) < 4.78 is 5.13. The van der Waals surface area contributed by atoms with Crippen LogP contribution in [0.1, 0.15) is 60.3 Å². The van der Waals surface area contributed by atoms with Crippen molar-refractivity contribution in [1.29, 1.82) is 0 Å². The summed E-state index contributed by atoms with van der Waals surface area (Å²) in [4.78, 5) is 57.8. The van der Waals surface area contributed by atoms with Crippen LogP contribution in [0.3, 0.4) is 0 Å². The van der Waals surface area contributed by atoms with Crippen LogP contribution in [0.5, 0.6) is 0 Å². The van der Waals surface area contributed by atoms with Gasteiger partial charge in [0.25, 0.3) is 0 Å². The van der Waals surface area contributed by atoms with Crippen LogP contribution in [-0.4, -0.2) is 66.2 Å². The molecule has 1 unspecified atom stereocenters. The summed E-state index contributed by atoms with van der Waals surface area (Å²) >= 11 is 0. The molecular weight excluding hydrogens is 408 g/mol. The van der Waals surface area contributed by atoms with Gasteiger partial charge >= 0.3 is 12.1 Å². The number of carbonyl (C=O) groups excluding carboxylic acids is 4. The van der Waals surface area contributed by atoms with Crippen LogP contribution < -0.4 is 21.3 Å². The lowest BCUT2D eigenvalue weighted by molar-refractivity contribution is -0.138. The van der Waals surface area contributed by atoms with Crippen LogP contribution in [-0.2, 0) is 23.9 Å². The number of alkyl carbamates (subject to hydrolysis) is 1. The quantitative estimate of drug-likeness (QED) is 0.259. The van der Waals surface area contributed by atoms with Crippen molar-refractivity contribution in [2.45, 2.75) is 71.9 Å². The number of unbranched alkanes of at least 4 members (excludes halogenated alkanes) is 2. The van der Waals surface area contributed by atoms with Crippen molar-refractivity contribution in [3.05, 3.63) is 0 Å². The lowest BCUT2D eigenvalue weighted by atomic mass is 10.0. The average Bonchev–Trinajstić information content (AvgIpc) is 2.63. The minimum atomic E-state index is -1.19. The van der Waals surface area contributed by atoms with E-state index in [0.29, 0.717) is 25.8 Å². The summed E-state index contributed by atoms with van der Waals surface area (Å²) in [6.07, 6.45) is 1.73. The molecule has 11 nitrogen and oxygen atoms in total. The minimum absolute atomic E-state index is 0.205. The minimum Gasteiger partial charge on any atom is -0.480 e. The molecule has 1 atom stereocenters. The monoisotopic (exact) mass is 444 g/mol. The van der Waals surface area contributed by atoms with Crippen molar-refractivity contribution in [1.82, 2.24) is 21.3 Å². The predicted octanol–water partition coefficient (Wildman–Crippen LogP) is 0.529. The number of carbonyl (C=O) groups is 5. The van der Waals surface area contributed by atoms with E-state index < -0.39 is 42.1 Å². The number of aliphatic carboxylic acids is 1. The van der Waals surface area contributed by atoms with Gasteiger partial charge in [-0.1, -0.05) is 20.3 Å². The van der Waals surface area contributed by atoms with E-state index in [-0.39, 0.29) is 24.8 Å². The van der Waals surface area contributed by atoms with Crippen molar-refractivity contribution in [2.24, 2.45) is 5.92 Å². The zero-order valence-corrected chi connectivity index (χ0v) is 19.0. The Hall–Kier alpha value is -2.85. The molecule has 0 radical (unpaired) electrons. The van der Waals surface area contributed by atoms with Gasteiger partial charge in [0.05, 0.1) is 6.54 Å². The topological polar surface area (TPSA) is 163 Å². The van der Waals surface area contributed by atoms with Crippen molar-refractivity contribution >= 4 is 29.8 Å². The summed E-state index contributed by atoms with van der Waals surface area (Å²) in [7, 11) is 0. The molecule has 11 heteroatoms. The molecule has 0 saturated heterocycles. The average molecular weight is 445 g/mol. The number of rotatable bonds is 13. The van der Waals surface area contributed by atoms with Crippen LogP contribution in [0.2, 0.25) is 0 Å². The van der Waals surface area contributed by atoms with Gasteiger partial charge in [0.15, 0.2) is 0 Å². The predicted molar refractivity (Wildman–Crippen MR) is 113 cm³/mol. The van der Waals surface area contributed by atoms with E-state index in [1.54, 1.807) is 34.6 Å². The van der Waals surface area contributed by atoms with E-state index in [1.165, 1.54) is 0 Å². The molecule has 4 amide bonds. The zero-order chi connectivity index (χ0) is 24.0. The van der Waals surface area contributed by atoms with Gasteiger partial charge in [-0.25, -0.2) is 4.79 Å². The van der Waals surface area contributed by atoms with E-state index in [0.717, 1.165) is 0 Å². The number of ether oxygens (including phenoxy) is 1. The summed E-state index contributed by atoms with van der Waals surface area (Å²) in [6.45, 7) is 8.40. The smallest absolute Gasteiger partial charge is 0.407 e. The van der Waals surface area contributed by atoms with Crippen LogP contribution in [0, 0.1) is 5.92 Å². The van der Waals surface area contributed by atoms with Crippen LogP contribution in [0.15, 0.2) is 0 Å². The van der Waals surface area contributed by atoms with Gasteiger partial charge in [0, 0.05) is 13.0 Å². The standard InChI is InChI=1S/C20H36N4O7/c1-13(2)17(18(29)23-11-15(26)22-12-16(27)28)24-14(25)9-7-6-8-10-21-19(30)31-20(3,4)5/h13,17H,6-12H2,1-5H3,(H,21,30)(H,22,26)(H,23,29)(H,24,25)(H,27,28). The Kier molecular flexibility index (Phi) is 12.9. The molecule has 5 N–H and O–H groups in total. The van der Waals surface area contributed by atoms with E-state index in [1.807, 2.05) is 0 Å². The Bertz CT molecular complexity index is 630.